The molecule has 1 unspecified atom stereocenters. The van der Waals surface area contributed by atoms with E-state index in [0.29, 0.717) is 17.0 Å². The number of nitrogens with one attached hydrogen (secondary N) is 1. The van der Waals surface area contributed by atoms with Crippen molar-refractivity contribution in [3.63, 3.8) is 0 Å². The monoisotopic (exact) mass is 441 g/mol. The molecule has 3 aromatic rings. The Morgan fingerprint density at radius 2 is 2.00 bits per heavy atom. The maximum Gasteiger partial charge on any atom is 0.169 e. The van der Waals surface area contributed by atoms with E-state index < -0.39 is 28.9 Å². The molecule has 3 aliphatic rings. The lowest BCUT2D eigenvalue weighted by molar-refractivity contribution is -0.104. The standard InChI is InChI=1S/C22H24ClN5O3/c1-20(2)21(29)15(9-23)31-19(22(20,21)30)28-11-26-16-17(24-10-25-18(16)28)27-14-8-7-12-5-3-4-6-13(12)14/h3-6,10-11,14-15,19,29-30H,7-9H2,1-2H3,(H,24,25,27)/t14?,15-,19-,21+,22-/m1/s1. The maximum atomic E-state index is 11.4. The molecule has 6 rings (SSSR count). The number of ether oxygens (including phenoxy) is 1. The molecule has 2 aromatic heterocycles. The third-order valence-electron chi connectivity index (χ3n) is 7.74. The zero-order chi connectivity index (χ0) is 21.6. The fraction of sp³-hybridized carbons (Fsp3) is 0.500. The zero-order valence-electron chi connectivity index (χ0n) is 17.3. The summed E-state index contributed by atoms with van der Waals surface area (Å²) in [6.45, 7) is 3.64. The predicted octanol–water partition coefficient (Wildman–Crippen LogP) is 2.56. The Labute approximate surface area is 184 Å². The lowest BCUT2D eigenvalue weighted by atomic mass is 10.0. The Kier molecular flexibility index (Phi) is 3.86. The lowest BCUT2D eigenvalue weighted by Gasteiger charge is -2.26. The summed E-state index contributed by atoms with van der Waals surface area (Å²) < 4.78 is 7.67. The number of aryl methyl sites for hydroxylation is 1. The Hall–Kier alpha value is -2.26. The number of benzene rings is 1. The van der Waals surface area contributed by atoms with Crippen LogP contribution in [-0.2, 0) is 11.2 Å². The quantitative estimate of drug-likeness (QED) is 0.534. The Bertz CT molecular complexity index is 1200. The van der Waals surface area contributed by atoms with Crippen LogP contribution in [0.3, 0.4) is 0 Å². The molecular weight excluding hydrogens is 418 g/mol. The molecule has 9 heteroatoms. The van der Waals surface area contributed by atoms with E-state index >= 15 is 0 Å². The van der Waals surface area contributed by atoms with E-state index in [-0.39, 0.29) is 11.9 Å². The van der Waals surface area contributed by atoms with Gasteiger partial charge in [-0.1, -0.05) is 38.1 Å². The summed E-state index contributed by atoms with van der Waals surface area (Å²) >= 11 is 6.06. The third-order valence-corrected chi connectivity index (χ3v) is 8.02. The smallest absolute Gasteiger partial charge is 0.169 e. The number of halogens is 1. The number of aliphatic hydroxyl groups is 2. The molecule has 1 aliphatic heterocycles. The molecule has 0 bridgehead atoms. The molecule has 2 fully saturated rings. The Morgan fingerprint density at radius 1 is 1.19 bits per heavy atom. The molecule has 31 heavy (non-hydrogen) atoms. The van der Waals surface area contributed by atoms with Gasteiger partial charge in [-0.3, -0.25) is 4.57 Å². The number of hydrogen-bond acceptors (Lipinski definition) is 7. The highest BCUT2D eigenvalue weighted by atomic mass is 35.5. The number of anilines is 1. The minimum Gasteiger partial charge on any atom is -0.383 e. The van der Waals surface area contributed by atoms with E-state index in [4.69, 9.17) is 16.3 Å². The molecule has 0 radical (unpaired) electrons. The van der Waals surface area contributed by atoms with Gasteiger partial charge < -0.3 is 20.3 Å². The summed E-state index contributed by atoms with van der Waals surface area (Å²) in [4.78, 5) is 13.4. The van der Waals surface area contributed by atoms with Crippen molar-refractivity contribution >= 4 is 28.6 Å². The first kappa shape index (κ1) is 19.4. The van der Waals surface area contributed by atoms with E-state index in [0.717, 1.165) is 12.8 Å². The summed E-state index contributed by atoms with van der Waals surface area (Å²) in [6.07, 6.45) is 3.53. The number of aromatic nitrogens is 4. The number of imidazole rings is 1. The summed E-state index contributed by atoms with van der Waals surface area (Å²) in [5, 5.41) is 26.1. The van der Waals surface area contributed by atoms with Crippen LogP contribution in [0.2, 0.25) is 0 Å². The van der Waals surface area contributed by atoms with Crippen molar-refractivity contribution in [2.24, 2.45) is 5.41 Å². The number of nitrogens with zero attached hydrogens (tertiary/aromatic N) is 4. The van der Waals surface area contributed by atoms with Crippen LogP contribution in [0.25, 0.3) is 11.2 Å². The Balaban J connectivity index is 1.38. The zero-order valence-corrected chi connectivity index (χ0v) is 18.0. The van der Waals surface area contributed by atoms with Crippen LogP contribution < -0.4 is 5.32 Å². The number of alkyl halides is 1. The van der Waals surface area contributed by atoms with Crippen LogP contribution >= 0.6 is 11.6 Å². The van der Waals surface area contributed by atoms with Crippen molar-refractivity contribution in [3.05, 3.63) is 48.0 Å². The highest BCUT2D eigenvalue weighted by molar-refractivity contribution is 6.18. The van der Waals surface area contributed by atoms with Gasteiger partial charge >= 0.3 is 0 Å². The van der Waals surface area contributed by atoms with Gasteiger partial charge in [0.15, 0.2) is 23.2 Å². The predicted molar refractivity (Wildman–Crippen MR) is 115 cm³/mol. The maximum absolute atomic E-state index is 11.4. The first-order valence-electron chi connectivity index (χ1n) is 10.5. The van der Waals surface area contributed by atoms with E-state index in [1.165, 1.54) is 17.5 Å². The van der Waals surface area contributed by atoms with E-state index in [1.54, 1.807) is 10.9 Å². The van der Waals surface area contributed by atoms with E-state index in [1.807, 2.05) is 19.9 Å². The molecule has 1 saturated carbocycles. The SMILES string of the molecule is CC1(C)[C@]2(O)[C@H](n3cnc4c(NC5CCc6ccccc65)ncnc43)O[C@H](CCl)[C@]12O. The summed E-state index contributed by atoms with van der Waals surface area (Å²) in [7, 11) is 0. The second-order valence-corrected chi connectivity index (χ2v) is 9.58. The average Bonchev–Trinajstić information content (AvgIpc) is 3.29. The molecule has 1 saturated heterocycles. The molecule has 5 atom stereocenters. The van der Waals surface area contributed by atoms with Crippen LogP contribution in [0.1, 0.15) is 43.7 Å². The molecule has 0 amide bonds. The van der Waals surface area contributed by atoms with Gasteiger partial charge in [0.25, 0.3) is 0 Å². The second kappa shape index (κ2) is 6.16. The fourth-order valence-corrected chi connectivity index (χ4v) is 6.11. The first-order valence-corrected chi connectivity index (χ1v) is 11.1. The van der Waals surface area contributed by atoms with E-state index in [9.17, 15) is 10.2 Å². The van der Waals surface area contributed by atoms with Crippen LogP contribution in [-0.4, -0.2) is 52.9 Å². The van der Waals surface area contributed by atoms with Crippen molar-refractivity contribution in [2.75, 3.05) is 11.2 Å². The lowest BCUT2D eigenvalue weighted by Crippen LogP contribution is -2.34. The molecule has 162 valence electrons. The molecule has 0 spiro atoms. The van der Waals surface area contributed by atoms with Crippen molar-refractivity contribution in [1.29, 1.82) is 0 Å². The molecule has 1 aromatic carbocycles. The van der Waals surface area contributed by atoms with Gasteiger partial charge in [-0.05, 0) is 24.0 Å². The van der Waals surface area contributed by atoms with Gasteiger partial charge in [-0.25, -0.2) is 15.0 Å². The highest BCUT2D eigenvalue weighted by Crippen LogP contribution is 2.75. The number of rotatable bonds is 4. The van der Waals surface area contributed by atoms with Crippen molar-refractivity contribution < 1.29 is 14.9 Å². The minimum atomic E-state index is -1.49. The van der Waals surface area contributed by atoms with Crippen LogP contribution in [0.15, 0.2) is 36.9 Å². The highest BCUT2D eigenvalue weighted by Gasteiger charge is 2.92. The van der Waals surface area contributed by atoms with Crippen LogP contribution in [0.5, 0.6) is 0 Å². The molecule has 8 nitrogen and oxygen atoms in total. The van der Waals surface area contributed by atoms with Crippen LogP contribution in [0, 0.1) is 5.41 Å². The van der Waals surface area contributed by atoms with Gasteiger partial charge in [-0.2, -0.15) is 0 Å². The van der Waals surface area contributed by atoms with Gasteiger partial charge in [0.05, 0.1) is 18.2 Å². The van der Waals surface area contributed by atoms with Gasteiger partial charge in [-0.15, -0.1) is 11.6 Å². The van der Waals surface area contributed by atoms with Gasteiger partial charge in [0.2, 0.25) is 0 Å². The largest absolute Gasteiger partial charge is 0.383 e. The fourth-order valence-electron chi connectivity index (χ4n) is 5.81. The summed E-state index contributed by atoms with van der Waals surface area (Å²) in [5.41, 5.74) is 0.0520. The summed E-state index contributed by atoms with van der Waals surface area (Å²) in [5.74, 6) is 0.712. The molecular formula is C22H24ClN5O3. The number of hydrogen-bond donors (Lipinski definition) is 3. The van der Waals surface area contributed by atoms with Crippen molar-refractivity contribution in [2.45, 2.75) is 56.3 Å². The van der Waals surface area contributed by atoms with Crippen molar-refractivity contribution in [3.8, 4) is 0 Å². The summed E-state index contributed by atoms with van der Waals surface area (Å²) in [6, 6.07) is 8.56. The first-order chi connectivity index (χ1) is 14.8. The van der Waals surface area contributed by atoms with Crippen molar-refractivity contribution in [1.82, 2.24) is 19.5 Å². The third kappa shape index (κ3) is 2.18. The molecule has 2 aliphatic carbocycles. The van der Waals surface area contributed by atoms with Crippen LogP contribution in [0.4, 0.5) is 5.82 Å². The Morgan fingerprint density at radius 3 is 2.77 bits per heavy atom. The topological polar surface area (TPSA) is 105 Å². The minimum absolute atomic E-state index is 0.0776. The van der Waals surface area contributed by atoms with E-state index in [2.05, 4.69) is 38.5 Å². The number of fused-ring (bicyclic) bond motifs is 3. The van der Waals surface area contributed by atoms with Gasteiger partial charge in [0, 0.05) is 5.41 Å². The molecule has 3 N–H and O–H groups in total. The average molecular weight is 442 g/mol. The normalized spacial score (nSPS) is 35.2. The second-order valence-electron chi connectivity index (χ2n) is 9.27. The molecule has 3 heterocycles. The van der Waals surface area contributed by atoms with Gasteiger partial charge in [0.1, 0.15) is 23.6 Å².